The number of methoxy groups -OCH3 is 2. The molecule has 8 heteroatoms. The monoisotopic (exact) mass is 421 g/mol. The lowest BCUT2D eigenvalue weighted by Crippen LogP contribution is -2.36. The SMILES string of the molecule is COc1ccc(C(=O)NC(=NCc2c(C)nn(C)c2C)Nc2cccc(OC)c2)cc1. The molecule has 0 bridgehead atoms. The van der Waals surface area contributed by atoms with Crippen LogP contribution in [0.25, 0.3) is 0 Å². The van der Waals surface area contributed by atoms with E-state index in [4.69, 9.17) is 9.47 Å². The van der Waals surface area contributed by atoms with Crippen LogP contribution >= 0.6 is 0 Å². The smallest absolute Gasteiger partial charge is 0.257 e. The van der Waals surface area contributed by atoms with Crippen LogP contribution in [-0.4, -0.2) is 35.9 Å². The van der Waals surface area contributed by atoms with Gasteiger partial charge in [-0.25, -0.2) is 4.99 Å². The molecule has 0 atom stereocenters. The number of aryl methyl sites for hydroxylation is 2. The zero-order valence-corrected chi connectivity index (χ0v) is 18.4. The summed E-state index contributed by atoms with van der Waals surface area (Å²) in [6.45, 7) is 4.32. The van der Waals surface area contributed by atoms with Gasteiger partial charge in [-0.2, -0.15) is 5.10 Å². The molecule has 8 nitrogen and oxygen atoms in total. The molecule has 0 aliphatic rings. The Balaban J connectivity index is 1.85. The fourth-order valence-corrected chi connectivity index (χ4v) is 3.07. The highest BCUT2D eigenvalue weighted by Crippen LogP contribution is 2.18. The Bertz CT molecular complexity index is 1090. The van der Waals surface area contributed by atoms with Crippen molar-refractivity contribution < 1.29 is 14.3 Å². The molecule has 162 valence electrons. The number of guanidine groups is 1. The van der Waals surface area contributed by atoms with Crippen LogP contribution < -0.4 is 20.1 Å². The standard InChI is InChI=1S/C23H27N5O3/c1-15-21(16(2)28(3)27-15)14-24-23(25-18-7-6-8-20(13-18)31-5)26-22(29)17-9-11-19(30-4)12-10-17/h6-13H,14H2,1-5H3,(H2,24,25,26,29). The van der Waals surface area contributed by atoms with Crippen molar-refractivity contribution in [2.45, 2.75) is 20.4 Å². The van der Waals surface area contributed by atoms with Crippen molar-refractivity contribution in [3.05, 3.63) is 71.0 Å². The van der Waals surface area contributed by atoms with Crippen molar-refractivity contribution in [3.63, 3.8) is 0 Å². The van der Waals surface area contributed by atoms with E-state index in [1.807, 2.05) is 49.8 Å². The van der Waals surface area contributed by atoms with Crippen LogP contribution in [0.4, 0.5) is 5.69 Å². The highest BCUT2D eigenvalue weighted by atomic mass is 16.5. The molecule has 0 unspecified atom stereocenters. The second kappa shape index (κ2) is 9.80. The molecule has 1 amide bonds. The van der Waals surface area contributed by atoms with Gasteiger partial charge in [0, 0.05) is 35.6 Å². The Hall–Kier alpha value is -3.81. The van der Waals surface area contributed by atoms with E-state index >= 15 is 0 Å². The molecule has 3 rings (SSSR count). The highest BCUT2D eigenvalue weighted by molar-refractivity contribution is 6.10. The van der Waals surface area contributed by atoms with Gasteiger partial charge in [-0.15, -0.1) is 0 Å². The Kier molecular flexibility index (Phi) is 6.92. The molecule has 2 N–H and O–H groups in total. The molecular weight excluding hydrogens is 394 g/mol. The third-order valence-corrected chi connectivity index (χ3v) is 4.97. The molecule has 3 aromatic rings. The Morgan fingerprint density at radius 3 is 2.39 bits per heavy atom. The van der Waals surface area contributed by atoms with Crippen molar-refractivity contribution >= 4 is 17.6 Å². The number of anilines is 1. The molecule has 31 heavy (non-hydrogen) atoms. The predicted octanol–water partition coefficient (Wildman–Crippen LogP) is 3.45. The predicted molar refractivity (Wildman–Crippen MR) is 121 cm³/mol. The quantitative estimate of drug-likeness (QED) is 0.470. The number of amides is 1. The molecule has 0 spiro atoms. The second-order valence-electron chi connectivity index (χ2n) is 6.98. The molecule has 1 aromatic heterocycles. The lowest BCUT2D eigenvalue weighted by Gasteiger charge is -2.13. The number of rotatable bonds is 6. The molecule has 0 saturated heterocycles. The number of carbonyl (C=O) groups is 1. The van der Waals surface area contributed by atoms with Crippen molar-refractivity contribution in [2.24, 2.45) is 12.0 Å². The molecule has 0 radical (unpaired) electrons. The van der Waals surface area contributed by atoms with Crippen molar-refractivity contribution in [3.8, 4) is 11.5 Å². The summed E-state index contributed by atoms with van der Waals surface area (Å²) in [4.78, 5) is 17.4. The first kappa shape index (κ1) is 21.9. The minimum absolute atomic E-state index is 0.281. The summed E-state index contributed by atoms with van der Waals surface area (Å²) in [5, 5.41) is 10.5. The normalized spacial score (nSPS) is 11.2. The highest BCUT2D eigenvalue weighted by Gasteiger charge is 2.13. The number of aliphatic imine (C=N–C) groups is 1. The van der Waals surface area contributed by atoms with Crippen LogP contribution in [0.3, 0.4) is 0 Å². The zero-order chi connectivity index (χ0) is 22.4. The maximum Gasteiger partial charge on any atom is 0.257 e. The number of ether oxygens (including phenoxy) is 2. The minimum atomic E-state index is -0.281. The Morgan fingerprint density at radius 2 is 1.77 bits per heavy atom. The molecule has 1 heterocycles. The van der Waals surface area contributed by atoms with Crippen molar-refractivity contribution in [2.75, 3.05) is 19.5 Å². The van der Waals surface area contributed by atoms with Gasteiger partial charge in [-0.05, 0) is 50.2 Å². The van der Waals surface area contributed by atoms with Gasteiger partial charge in [0.15, 0.2) is 0 Å². The van der Waals surface area contributed by atoms with Gasteiger partial charge in [0.25, 0.3) is 5.91 Å². The number of carbonyl (C=O) groups excluding carboxylic acids is 1. The van der Waals surface area contributed by atoms with Crippen LogP contribution in [0.1, 0.15) is 27.3 Å². The summed E-state index contributed by atoms with van der Waals surface area (Å²) < 4.78 is 12.3. The maximum absolute atomic E-state index is 12.8. The molecule has 0 fully saturated rings. The van der Waals surface area contributed by atoms with Gasteiger partial charge in [-0.3, -0.25) is 14.8 Å². The number of hydrogen-bond donors (Lipinski definition) is 2. The van der Waals surface area contributed by atoms with E-state index in [9.17, 15) is 4.79 Å². The van der Waals surface area contributed by atoms with Gasteiger partial charge in [0.05, 0.1) is 26.5 Å². The summed E-state index contributed by atoms with van der Waals surface area (Å²) in [6, 6.07) is 14.3. The lowest BCUT2D eigenvalue weighted by atomic mass is 10.2. The van der Waals surface area contributed by atoms with Crippen LogP contribution in [0.15, 0.2) is 53.5 Å². The molecule has 0 aliphatic carbocycles. The molecule has 0 saturated carbocycles. The summed E-state index contributed by atoms with van der Waals surface area (Å²) in [5.74, 6) is 1.43. The van der Waals surface area contributed by atoms with E-state index in [2.05, 4.69) is 20.7 Å². The maximum atomic E-state index is 12.8. The van der Waals surface area contributed by atoms with Gasteiger partial charge in [0.1, 0.15) is 11.5 Å². The second-order valence-corrected chi connectivity index (χ2v) is 6.98. The van der Waals surface area contributed by atoms with Gasteiger partial charge in [0.2, 0.25) is 5.96 Å². The number of benzene rings is 2. The molecule has 2 aromatic carbocycles. The van der Waals surface area contributed by atoms with Crippen LogP contribution in [0.2, 0.25) is 0 Å². The first-order chi connectivity index (χ1) is 14.9. The zero-order valence-electron chi connectivity index (χ0n) is 18.4. The average molecular weight is 422 g/mol. The van der Waals surface area contributed by atoms with E-state index in [0.29, 0.717) is 29.6 Å². The van der Waals surface area contributed by atoms with E-state index in [0.717, 1.165) is 22.6 Å². The number of nitrogens with zero attached hydrogens (tertiary/aromatic N) is 3. The largest absolute Gasteiger partial charge is 0.497 e. The van der Waals surface area contributed by atoms with Crippen molar-refractivity contribution in [1.82, 2.24) is 15.1 Å². The fraction of sp³-hybridized carbons (Fsp3) is 0.261. The number of aromatic nitrogens is 2. The van der Waals surface area contributed by atoms with E-state index in [1.54, 1.807) is 38.5 Å². The van der Waals surface area contributed by atoms with Gasteiger partial charge >= 0.3 is 0 Å². The van der Waals surface area contributed by atoms with Crippen LogP contribution in [0, 0.1) is 13.8 Å². The summed E-state index contributed by atoms with van der Waals surface area (Å²) in [5.41, 5.74) is 4.20. The third-order valence-electron chi connectivity index (χ3n) is 4.97. The Labute approximate surface area is 181 Å². The van der Waals surface area contributed by atoms with E-state index in [1.165, 1.54) is 0 Å². The third kappa shape index (κ3) is 5.42. The average Bonchev–Trinajstić information content (AvgIpc) is 3.03. The fourth-order valence-electron chi connectivity index (χ4n) is 3.07. The summed E-state index contributed by atoms with van der Waals surface area (Å²) in [7, 11) is 5.09. The minimum Gasteiger partial charge on any atom is -0.497 e. The summed E-state index contributed by atoms with van der Waals surface area (Å²) in [6.07, 6.45) is 0. The molecular formula is C23H27N5O3. The van der Waals surface area contributed by atoms with Gasteiger partial charge < -0.3 is 14.8 Å². The first-order valence-electron chi connectivity index (χ1n) is 9.81. The Morgan fingerprint density at radius 1 is 1.06 bits per heavy atom. The van der Waals surface area contributed by atoms with E-state index < -0.39 is 0 Å². The van der Waals surface area contributed by atoms with E-state index in [-0.39, 0.29) is 5.91 Å². The lowest BCUT2D eigenvalue weighted by molar-refractivity contribution is 0.0977. The van der Waals surface area contributed by atoms with Crippen LogP contribution in [0.5, 0.6) is 11.5 Å². The molecule has 0 aliphatic heterocycles. The topological polar surface area (TPSA) is 89.8 Å². The first-order valence-corrected chi connectivity index (χ1v) is 9.81. The summed E-state index contributed by atoms with van der Waals surface area (Å²) >= 11 is 0. The van der Waals surface area contributed by atoms with Crippen molar-refractivity contribution in [1.29, 1.82) is 0 Å². The van der Waals surface area contributed by atoms with Gasteiger partial charge in [-0.1, -0.05) is 6.07 Å². The number of hydrogen-bond acceptors (Lipinski definition) is 5. The number of nitrogens with one attached hydrogen (secondary N) is 2. The van der Waals surface area contributed by atoms with Crippen LogP contribution in [-0.2, 0) is 13.6 Å².